The molecule has 0 aliphatic rings. The average molecular weight is 252 g/mol. The Hall–Kier alpha value is -1.36. The van der Waals surface area contributed by atoms with Gasteiger partial charge in [-0.2, -0.15) is 0 Å². The van der Waals surface area contributed by atoms with E-state index in [1.807, 2.05) is 0 Å². The van der Waals surface area contributed by atoms with Crippen molar-refractivity contribution in [2.24, 2.45) is 0 Å². The standard InChI is InChI=1S/C13H24N4O/c1-4-6-11-12(14)15-9-16-13(11)17(10(2)3)7-5-8-18/h9-10,18H,4-8H2,1-3H3,(H2,14,15,16). The monoisotopic (exact) mass is 252 g/mol. The van der Waals surface area contributed by atoms with Gasteiger partial charge >= 0.3 is 0 Å². The summed E-state index contributed by atoms with van der Waals surface area (Å²) in [4.78, 5) is 10.6. The molecule has 0 bridgehead atoms. The van der Waals surface area contributed by atoms with E-state index in [-0.39, 0.29) is 6.61 Å². The molecule has 0 saturated carbocycles. The third-order valence-corrected chi connectivity index (χ3v) is 2.91. The van der Waals surface area contributed by atoms with Crippen LogP contribution in [0.3, 0.4) is 0 Å². The summed E-state index contributed by atoms with van der Waals surface area (Å²) in [6, 6.07) is 0.321. The zero-order chi connectivity index (χ0) is 13.5. The van der Waals surface area contributed by atoms with E-state index in [1.54, 1.807) is 0 Å². The van der Waals surface area contributed by atoms with Gasteiger partial charge in [0.2, 0.25) is 0 Å². The minimum atomic E-state index is 0.187. The van der Waals surface area contributed by atoms with Crippen LogP contribution >= 0.6 is 0 Å². The number of aliphatic hydroxyl groups is 1. The summed E-state index contributed by atoms with van der Waals surface area (Å²) < 4.78 is 0. The van der Waals surface area contributed by atoms with E-state index in [2.05, 4.69) is 35.6 Å². The van der Waals surface area contributed by atoms with E-state index in [1.165, 1.54) is 6.33 Å². The quantitative estimate of drug-likeness (QED) is 0.771. The first-order valence-electron chi connectivity index (χ1n) is 6.58. The molecule has 102 valence electrons. The van der Waals surface area contributed by atoms with E-state index >= 15 is 0 Å². The van der Waals surface area contributed by atoms with Crippen LogP contribution in [0.15, 0.2) is 6.33 Å². The number of hydrogen-bond donors (Lipinski definition) is 2. The second-order valence-corrected chi connectivity index (χ2v) is 4.68. The lowest BCUT2D eigenvalue weighted by Gasteiger charge is -2.29. The minimum absolute atomic E-state index is 0.187. The first-order valence-corrected chi connectivity index (χ1v) is 6.58. The van der Waals surface area contributed by atoms with Gasteiger partial charge in [-0.3, -0.25) is 0 Å². The van der Waals surface area contributed by atoms with Crippen molar-refractivity contribution < 1.29 is 5.11 Å². The van der Waals surface area contributed by atoms with Crippen LogP contribution in [0.1, 0.15) is 39.2 Å². The van der Waals surface area contributed by atoms with Crippen molar-refractivity contribution in [2.75, 3.05) is 23.8 Å². The number of aromatic nitrogens is 2. The van der Waals surface area contributed by atoms with Crippen molar-refractivity contribution in [3.8, 4) is 0 Å². The number of rotatable bonds is 7. The van der Waals surface area contributed by atoms with Crippen molar-refractivity contribution in [2.45, 2.75) is 46.1 Å². The predicted octanol–water partition coefficient (Wildman–Crippen LogP) is 1.61. The van der Waals surface area contributed by atoms with E-state index in [4.69, 9.17) is 10.8 Å². The fourth-order valence-corrected chi connectivity index (χ4v) is 2.00. The summed E-state index contributed by atoms with van der Waals surface area (Å²) in [5.74, 6) is 1.48. The van der Waals surface area contributed by atoms with E-state index < -0.39 is 0 Å². The highest BCUT2D eigenvalue weighted by Gasteiger charge is 2.17. The molecule has 0 aromatic carbocycles. The summed E-state index contributed by atoms with van der Waals surface area (Å²) in [7, 11) is 0. The fourth-order valence-electron chi connectivity index (χ4n) is 2.00. The van der Waals surface area contributed by atoms with Crippen LogP contribution < -0.4 is 10.6 Å². The highest BCUT2D eigenvalue weighted by atomic mass is 16.3. The van der Waals surface area contributed by atoms with Crippen LogP contribution in [0, 0.1) is 0 Å². The summed E-state index contributed by atoms with van der Waals surface area (Å²) in [5.41, 5.74) is 6.97. The molecule has 0 aliphatic heterocycles. The van der Waals surface area contributed by atoms with Gasteiger partial charge in [0.15, 0.2) is 0 Å². The van der Waals surface area contributed by atoms with Crippen molar-refractivity contribution >= 4 is 11.6 Å². The predicted molar refractivity (Wildman–Crippen MR) is 74.6 cm³/mol. The molecule has 18 heavy (non-hydrogen) atoms. The van der Waals surface area contributed by atoms with Crippen molar-refractivity contribution in [1.29, 1.82) is 0 Å². The maximum atomic E-state index is 8.99. The normalized spacial score (nSPS) is 10.9. The Balaban J connectivity index is 3.06. The molecule has 0 fully saturated rings. The van der Waals surface area contributed by atoms with E-state index in [9.17, 15) is 0 Å². The van der Waals surface area contributed by atoms with Crippen LogP contribution in [-0.4, -0.2) is 34.3 Å². The molecule has 1 heterocycles. The second kappa shape index (κ2) is 7.16. The third kappa shape index (κ3) is 3.57. The number of nitrogens with zero attached hydrogens (tertiary/aromatic N) is 3. The van der Waals surface area contributed by atoms with Crippen molar-refractivity contribution in [3.63, 3.8) is 0 Å². The Kier molecular flexibility index (Phi) is 5.85. The number of anilines is 2. The van der Waals surface area contributed by atoms with Gasteiger partial charge in [-0.15, -0.1) is 0 Å². The lowest BCUT2D eigenvalue weighted by atomic mass is 10.1. The molecule has 1 aromatic rings. The van der Waals surface area contributed by atoms with Gasteiger partial charge in [-0.1, -0.05) is 13.3 Å². The molecule has 0 amide bonds. The fraction of sp³-hybridized carbons (Fsp3) is 0.692. The van der Waals surface area contributed by atoms with Crippen molar-refractivity contribution in [3.05, 3.63) is 11.9 Å². The molecule has 5 heteroatoms. The Morgan fingerprint density at radius 3 is 2.67 bits per heavy atom. The summed E-state index contributed by atoms with van der Waals surface area (Å²) in [5, 5.41) is 8.99. The lowest BCUT2D eigenvalue weighted by Crippen LogP contribution is -2.34. The van der Waals surface area contributed by atoms with E-state index in [0.29, 0.717) is 11.9 Å². The highest BCUT2D eigenvalue weighted by Crippen LogP contribution is 2.24. The molecular weight excluding hydrogens is 228 g/mol. The molecule has 1 rings (SSSR count). The molecule has 1 aromatic heterocycles. The lowest BCUT2D eigenvalue weighted by molar-refractivity contribution is 0.288. The summed E-state index contributed by atoms with van der Waals surface area (Å²) in [6.45, 7) is 7.31. The Bertz CT molecular complexity index is 368. The number of nitrogen functional groups attached to an aromatic ring is 1. The van der Waals surface area contributed by atoms with Gasteiger partial charge < -0.3 is 15.7 Å². The van der Waals surface area contributed by atoms with Crippen LogP contribution in [0.25, 0.3) is 0 Å². The van der Waals surface area contributed by atoms with Crippen molar-refractivity contribution in [1.82, 2.24) is 9.97 Å². The Morgan fingerprint density at radius 2 is 2.11 bits per heavy atom. The Morgan fingerprint density at radius 1 is 1.39 bits per heavy atom. The molecule has 3 N–H and O–H groups in total. The molecule has 5 nitrogen and oxygen atoms in total. The van der Waals surface area contributed by atoms with Crippen LogP contribution in [0.4, 0.5) is 11.6 Å². The smallest absolute Gasteiger partial charge is 0.137 e. The molecule has 0 saturated heterocycles. The maximum absolute atomic E-state index is 8.99. The zero-order valence-electron chi connectivity index (χ0n) is 11.6. The summed E-state index contributed by atoms with van der Waals surface area (Å²) in [6.07, 6.45) is 4.13. The van der Waals surface area contributed by atoms with Gasteiger partial charge in [-0.05, 0) is 26.7 Å². The minimum Gasteiger partial charge on any atom is -0.396 e. The molecule has 0 unspecified atom stereocenters. The zero-order valence-corrected chi connectivity index (χ0v) is 11.6. The molecule has 0 aliphatic carbocycles. The van der Waals surface area contributed by atoms with Crippen LogP contribution in [0.2, 0.25) is 0 Å². The molecule has 0 atom stereocenters. The highest BCUT2D eigenvalue weighted by molar-refractivity contribution is 5.57. The van der Waals surface area contributed by atoms with E-state index in [0.717, 1.165) is 37.2 Å². The van der Waals surface area contributed by atoms with Gasteiger partial charge in [0.05, 0.1) is 0 Å². The first kappa shape index (κ1) is 14.7. The number of hydrogen-bond acceptors (Lipinski definition) is 5. The van der Waals surface area contributed by atoms with Crippen LogP contribution in [0.5, 0.6) is 0 Å². The van der Waals surface area contributed by atoms with Gasteiger partial charge in [0.25, 0.3) is 0 Å². The summed E-state index contributed by atoms with van der Waals surface area (Å²) >= 11 is 0. The SMILES string of the molecule is CCCc1c(N)ncnc1N(CCCO)C(C)C. The second-order valence-electron chi connectivity index (χ2n) is 4.68. The Labute approximate surface area is 109 Å². The van der Waals surface area contributed by atoms with Crippen LogP contribution in [-0.2, 0) is 6.42 Å². The van der Waals surface area contributed by atoms with Gasteiger partial charge in [0, 0.05) is 24.8 Å². The molecule has 0 radical (unpaired) electrons. The third-order valence-electron chi connectivity index (χ3n) is 2.91. The number of aliphatic hydroxyl groups excluding tert-OH is 1. The average Bonchev–Trinajstić information content (AvgIpc) is 2.33. The first-order chi connectivity index (χ1) is 8.61. The number of nitrogens with two attached hydrogens (primary N) is 1. The maximum Gasteiger partial charge on any atom is 0.137 e. The molecular formula is C13H24N4O. The van der Waals surface area contributed by atoms with Gasteiger partial charge in [0.1, 0.15) is 18.0 Å². The topological polar surface area (TPSA) is 75.3 Å². The largest absolute Gasteiger partial charge is 0.396 e. The van der Waals surface area contributed by atoms with Gasteiger partial charge in [-0.25, -0.2) is 9.97 Å². The molecule has 0 spiro atoms.